The Balaban J connectivity index is 2.41. The highest BCUT2D eigenvalue weighted by molar-refractivity contribution is 9.10. The Morgan fingerprint density at radius 2 is 1.43 bits per heavy atom. The number of hydrogen-bond acceptors (Lipinski definition) is 2. The van der Waals surface area contributed by atoms with Crippen molar-refractivity contribution in [1.29, 1.82) is 0 Å². The Kier molecular flexibility index (Phi) is 6.01. The molecule has 0 aromatic heterocycles. The van der Waals surface area contributed by atoms with Gasteiger partial charge >= 0.3 is 12.4 Å². The summed E-state index contributed by atoms with van der Waals surface area (Å²) in [6.45, 7) is 3.36. The van der Waals surface area contributed by atoms with E-state index in [0.717, 1.165) is 30.3 Å². The van der Waals surface area contributed by atoms with Crippen LogP contribution in [0.1, 0.15) is 17.0 Å². The van der Waals surface area contributed by atoms with Gasteiger partial charge in [0.05, 0.1) is 14.3 Å². The summed E-state index contributed by atoms with van der Waals surface area (Å²) in [6, 6.07) is 5.50. The van der Waals surface area contributed by atoms with Crippen LogP contribution in [0.4, 0.5) is 30.7 Å². The van der Waals surface area contributed by atoms with E-state index in [4.69, 9.17) is 0 Å². The van der Waals surface area contributed by atoms with Crippen molar-refractivity contribution < 1.29 is 39.2 Å². The highest BCUT2D eigenvalue weighted by atomic mass is 79.9. The van der Waals surface area contributed by atoms with Gasteiger partial charge in [-0.25, -0.2) is 12.8 Å². The van der Waals surface area contributed by atoms with E-state index in [-0.39, 0.29) is 14.9 Å². The fourth-order valence-electron chi connectivity index (χ4n) is 2.37. The normalized spacial score (nSPS) is 13.0. The molecule has 152 valence electrons. The molecule has 0 bridgehead atoms. The van der Waals surface area contributed by atoms with Crippen LogP contribution in [0.15, 0.2) is 58.4 Å². The van der Waals surface area contributed by atoms with Crippen LogP contribution in [0.5, 0.6) is 0 Å². The number of halogens is 8. The molecule has 0 aliphatic heterocycles. The van der Waals surface area contributed by atoms with Crippen molar-refractivity contribution in [2.24, 2.45) is 0 Å². The first-order valence-electron chi connectivity index (χ1n) is 7.28. The second-order valence-electron chi connectivity index (χ2n) is 5.64. The van der Waals surface area contributed by atoms with Crippen molar-refractivity contribution in [2.45, 2.75) is 23.2 Å². The van der Waals surface area contributed by atoms with Crippen molar-refractivity contribution in [1.82, 2.24) is 0 Å². The molecule has 0 amide bonds. The van der Waals surface area contributed by atoms with Gasteiger partial charge in [0, 0.05) is 0 Å². The van der Waals surface area contributed by atoms with E-state index in [9.17, 15) is 39.2 Å². The van der Waals surface area contributed by atoms with Gasteiger partial charge in [0.25, 0.3) is 0 Å². The van der Waals surface area contributed by atoms with Crippen molar-refractivity contribution >= 4 is 30.7 Å². The van der Waals surface area contributed by atoms with Gasteiger partial charge in [-0.15, -0.1) is 0 Å². The minimum absolute atomic E-state index is 0.144. The summed E-state index contributed by atoms with van der Waals surface area (Å²) >= 11 is 2.82. The van der Waals surface area contributed by atoms with Crippen LogP contribution in [-0.4, -0.2) is 20.8 Å². The lowest BCUT2D eigenvalue weighted by Crippen LogP contribution is -2.34. The number of hydrogen-bond donors (Lipinski definition) is 0. The first-order chi connectivity index (χ1) is 12.7. The molecule has 0 unspecified atom stereocenters. The summed E-state index contributed by atoms with van der Waals surface area (Å²) in [4.78, 5) is -0.911. The first kappa shape index (κ1) is 22.4. The standard InChI is InChI=1S/C17H10BrF7O2S/c1-9(28(26,27)12-6-7-14(19)13(18)8-12)10-2-4-11(5-3-10)15(16(20,21)22)17(23,24)25/h2-8,15H,1H2. The summed E-state index contributed by atoms with van der Waals surface area (Å²) in [5.41, 5.74) is -1.29. The molecule has 0 saturated carbocycles. The molecule has 0 heterocycles. The largest absolute Gasteiger partial charge is 0.404 e. The van der Waals surface area contributed by atoms with E-state index in [1.165, 1.54) is 0 Å². The Hall–Kier alpha value is -1.88. The van der Waals surface area contributed by atoms with Gasteiger partial charge in [0.15, 0.2) is 5.92 Å². The predicted molar refractivity (Wildman–Crippen MR) is 91.6 cm³/mol. The fraction of sp³-hybridized carbons (Fsp3) is 0.176. The van der Waals surface area contributed by atoms with Gasteiger partial charge in [-0.05, 0) is 45.3 Å². The lowest BCUT2D eigenvalue weighted by molar-refractivity contribution is -0.253. The summed E-state index contributed by atoms with van der Waals surface area (Å²) in [5.74, 6) is -4.42. The molecule has 0 aliphatic carbocycles. The summed E-state index contributed by atoms with van der Waals surface area (Å²) in [7, 11) is -4.26. The fourth-order valence-corrected chi connectivity index (χ4v) is 4.15. The number of benzene rings is 2. The monoisotopic (exact) mass is 490 g/mol. The molecule has 0 atom stereocenters. The first-order valence-corrected chi connectivity index (χ1v) is 9.56. The van der Waals surface area contributed by atoms with Crippen LogP contribution in [0.25, 0.3) is 4.91 Å². The average molecular weight is 491 g/mol. The summed E-state index contributed by atoms with van der Waals surface area (Å²) in [5, 5.41) is 0. The topological polar surface area (TPSA) is 34.1 Å². The van der Waals surface area contributed by atoms with Crippen molar-refractivity contribution in [3.63, 3.8) is 0 Å². The molecule has 0 N–H and O–H groups in total. The maximum atomic E-state index is 13.3. The van der Waals surface area contributed by atoms with Crippen LogP contribution in [0.3, 0.4) is 0 Å². The summed E-state index contributed by atoms with van der Waals surface area (Å²) in [6.07, 6.45) is -11.1. The molecule has 11 heteroatoms. The van der Waals surface area contributed by atoms with Gasteiger partial charge in [-0.3, -0.25) is 0 Å². The van der Waals surface area contributed by atoms with E-state index in [0.29, 0.717) is 12.1 Å². The van der Waals surface area contributed by atoms with Crippen molar-refractivity contribution in [2.75, 3.05) is 0 Å². The van der Waals surface area contributed by atoms with E-state index >= 15 is 0 Å². The number of rotatable bonds is 4. The third-order valence-electron chi connectivity index (χ3n) is 3.75. The quantitative estimate of drug-likeness (QED) is 0.375. The molecule has 0 spiro atoms. The van der Waals surface area contributed by atoms with E-state index < -0.39 is 44.4 Å². The van der Waals surface area contributed by atoms with Crippen LogP contribution in [-0.2, 0) is 9.84 Å². The summed E-state index contributed by atoms with van der Waals surface area (Å²) < 4.78 is 115. The molecule has 0 aliphatic rings. The highest BCUT2D eigenvalue weighted by Crippen LogP contribution is 2.46. The van der Waals surface area contributed by atoms with E-state index in [1.54, 1.807) is 0 Å². The Bertz CT molecular complexity index is 980. The Labute approximate surface area is 163 Å². The minimum Gasteiger partial charge on any atom is -0.219 e. The zero-order chi connectivity index (χ0) is 21.5. The van der Waals surface area contributed by atoms with Crippen molar-refractivity contribution in [3.05, 3.63) is 70.5 Å². The Morgan fingerprint density at radius 1 is 0.929 bits per heavy atom. The van der Waals surface area contributed by atoms with Crippen LogP contribution in [0.2, 0.25) is 0 Å². The van der Waals surface area contributed by atoms with Crippen LogP contribution in [0, 0.1) is 5.82 Å². The molecule has 0 radical (unpaired) electrons. The molecule has 2 aromatic rings. The predicted octanol–water partition coefficient (Wildman–Crippen LogP) is 6.24. The van der Waals surface area contributed by atoms with E-state index in [1.807, 2.05) is 0 Å². The van der Waals surface area contributed by atoms with Gasteiger partial charge < -0.3 is 0 Å². The Morgan fingerprint density at radius 3 is 1.86 bits per heavy atom. The third-order valence-corrected chi connectivity index (χ3v) is 6.11. The molecular weight excluding hydrogens is 481 g/mol. The van der Waals surface area contributed by atoms with E-state index in [2.05, 4.69) is 22.5 Å². The van der Waals surface area contributed by atoms with Gasteiger partial charge in [-0.1, -0.05) is 30.8 Å². The molecule has 0 saturated heterocycles. The maximum absolute atomic E-state index is 13.3. The molecule has 2 nitrogen and oxygen atoms in total. The zero-order valence-corrected chi connectivity index (χ0v) is 16.0. The average Bonchev–Trinajstić information content (AvgIpc) is 2.54. The highest BCUT2D eigenvalue weighted by Gasteiger charge is 2.57. The lowest BCUT2D eigenvalue weighted by Gasteiger charge is -2.23. The maximum Gasteiger partial charge on any atom is 0.404 e. The molecule has 0 fully saturated rings. The number of sulfone groups is 1. The molecule has 28 heavy (non-hydrogen) atoms. The van der Waals surface area contributed by atoms with Gasteiger partial charge in [-0.2, -0.15) is 26.3 Å². The smallest absolute Gasteiger partial charge is 0.219 e. The second-order valence-corrected chi connectivity index (χ2v) is 8.47. The molecule has 2 aromatic carbocycles. The molecular formula is C17H10BrF7O2S. The van der Waals surface area contributed by atoms with Gasteiger partial charge in [0.1, 0.15) is 5.82 Å². The molecule has 2 rings (SSSR count). The van der Waals surface area contributed by atoms with Crippen LogP contribution >= 0.6 is 15.9 Å². The third kappa shape index (κ3) is 4.57. The van der Waals surface area contributed by atoms with Crippen molar-refractivity contribution in [3.8, 4) is 0 Å². The number of alkyl halides is 6. The van der Waals surface area contributed by atoms with Gasteiger partial charge in [0.2, 0.25) is 9.84 Å². The SMILES string of the molecule is C=C(c1ccc(C(C(F)(F)F)C(F)(F)F)cc1)S(=O)(=O)c1ccc(F)c(Br)c1. The second kappa shape index (κ2) is 7.51. The minimum atomic E-state index is -5.57. The lowest BCUT2D eigenvalue weighted by atomic mass is 9.97. The zero-order valence-electron chi connectivity index (χ0n) is 13.6. The van der Waals surface area contributed by atoms with Crippen LogP contribution < -0.4 is 0 Å².